The molecule has 5 nitrogen and oxygen atoms in total. The van der Waals surface area contributed by atoms with Gasteiger partial charge in [-0.2, -0.15) is 0 Å². The smallest absolute Gasteiger partial charge is 0.313 e. The van der Waals surface area contributed by atoms with Crippen LogP contribution >= 0.6 is 11.6 Å². The molecule has 1 amide bonds. The molecule has 1 aromatic carbocycles. The van der Waals surface area contributed by atoms with E-state index in [0.717, 1.165) is 7.05 Å². The largest absolute Gasteiger partial charge is 0.388 e. The van der Waals surface area contributed by atoms with Gasteiger partial charge in [0.05, 0.1) is 6.10 Å². The highest BCUT2D eigenvalue weighted by atomic mass is 35.5. The first-order valence-corrected chi connectivity index (χ1v) is 5.23. The Kier molecular flexibility index (Phi) is 4.62. The van der Waals surface area contributed by atoms with E-state index in [9.17, 15) is 14.7 Å². The van der Waals surface area contributed by atoms with Crippen LogP contribution in [0.4, 0.5) is 0 Å². The molecule has 1 aromatic rings. The molecule has 0 saturated carbocycles. The first-order valence-electron chi connectivity index (χ1n) is 4.85. The number of Topliss-reactive ketones (excluding diaryl/α,β-unsaturated/α-hetero) is 1. The quantitative estimate of drug-likeness (QED) is 0.482. The number of likely N-dealkylation sites (N-methyl/N-ethyl adjacent to an activating group) is 1. The molecule has 0 aliphatic heterocycles. The Morgan fingerprint density at radius 1 is 1.47 bits per heavy atom. The summed E-state index contributed by atoms with van der Waals surface area (Å²) in [7, 11) is 1.05. The molecule has 0 aliphatic rings. The number of aliphatic hydroxyl groups is 1. The summed E-state index contributed by atoms with van der Waals surface area (Å²) in [4.78, 5) is 22.4. The van der Waals surface area contributed by atoms with Gasteiger partial charge in [0.2, 0.25) is 5.78 Å². The molecular formula is C11H12ClNO4. The molecule has 0 bridgehead atoms. The Morgan fingerprint density at radius 3 is 2.65 bits per heavy atom. The van der Waals surface area contributed by atoms with Gasteiger partial charge in [-0.15, -0.1) is 0 Å². The van der Waals surface area contributed by atoms with Gasteiger partial charge in [-0.05, 0) is 17.7 Å². The van der Waals surface area contributed by atoms with E-state index in [1.165, 1.54) is 6.07 Å². The van der Waals surface area contributed by atoms with Gasteiger partial charge in [0.15, 0.2) is 0 Å². The van der Waals surface area contributed by atoms with Gasteiger partial charge in [0.25, 0.3) is 0 Å². The number of ketones is 1. The minimum absolute atomic E-state index is 0.188. The highest BCUT2D eigenvalue weighted by molar-refractivity contribution is 6.35. The summed E-state index contributed by atoms with van der Waals surface area (Å²) in [5.74, 6) is -1.94. The number of nitrogens with zero attached hydrogens (tertiary/aromatic N) is 1. The molecule has 92 valence electrons. The zero-order valence-corrected chi connectivity index (χ0v) is 9.89. The fraction of sp³-hybridized carbons (Fsp3) is 0.273. The maximum absolute atomic E-state index is 11.3. The van der Waals surface area contributed by atoms with Gasteiger partial charge in [-0.25, -0.2) is 5.06 Å². The van der Waals surface area contributed by atoms with Crippen LogP contribution in [0.3, 0.4) is 0 Å². The molecule has 0 aromatic heterocycles. The van der Waals surface area contributed by atoms with E-state index in [4.69, 9.17) is 16.8 Å². The first kappa shape index (κ1) is 13.6. The van der Waals surface area contributed by atoms with Gasteiger partial charge in [0, 0.05) is 18.5 Å². The number of carbonyl (C=O) groups excluding carboxylic acids is 2. The first-order chi connectivity index (χ1) is 7.91. The molecule has 1 rings (SSSR count). The lowest BCUT2D eigenvalue weighted by molar-refractivity contribution is -0.166. The summed E-state index contributed by atoms with van der Waals surface area (Å²) >= 11 is 5.73. The van der Waals surface area contributed by atoms with Crippen molar-refractivity contribution in [3.8, 4) is 0 Å². The number of halogens is 1. The van der Waals surface area contributed by atoms with Crippen molar-refractivity contribution in [2.75, 3.05) is 7.05 Å². The van der Waals surface area contributed by atoms with Crippen LogP contribution < -0.4 is 0 Å². The molecule has 1 atom stereocenters. The number of hydrogen-bond acceptors (Lipinski definition) is 4. The number of hydroxylamine groups is 2. The molecule has 0 saturated heterocycles. The van der Waals surface area contributed by atoms with Crippen molar-refractivity contribution in [1.82, 2.24) is 5.06 Å². The van der Waals surface area contributed by atoms with Crippen LogP contribution in [0.2, 0.25) is 5.02 Å². The molecule has 0 radical (unpaired) electrons. The zero-order valence-electron chi connectivity index (χ0n) is 9.13. The van der Waals surface area contributed by atoms with Crippen LogP contribution in [-0.2, 0) is 9.59 Å². The zero-order chi connectivity index (χ0) is 13.0. The number of benzene rings is 1. The number of rotatable bonds is 4. The molecule has 0 spiro atoms. The van der Waals surface area contributed by atoms with E-state index in [2.05, 4.69) is 0 Å². The van der Waals surface area contributed by atoms with Crippen LogP contribution in [0, 0.1) is 0 Å². The van der Waals surface area contributed by atoms with Gasteiger partial charge < -0.3 is 5.11 Å². The highest BCUT2D eigenvalue weighted by Gasteiger charge is 2.21. The summed E-state index contributed by atoms with van der Waals surface area (Å²) in [5, 5.41) is 19.1. The SMILES string of the molecule is CN(O)C(=O)C(=O)CC(O)c1cccc(Cl)c1. The van der Waals surface area contributed by atoms with Gasteiger partial charge in [0.1, 0.15) is 0 Å². The molecule has 0 aliphatic carbocycles. The second-order valence-electron chi connectivity index (χ2n) is 3.53. The minimum atomic E-state index is -1.12. The fourth-order valence-corrected chi connectivity index (χ4v) is 1.47. The lowest BCUT2D eigenvalue weighted by Gasteiger charge is -2.11. The second-order valence-corrected chi connectivity index (χ2v) is 3.96. The van der Waals surface area contributed by atoms with E-state index in [1.54, 1.807) is 18.2 Å². The molecule has 1 unspecified atom stereocenters. The average molecular weight is 258 g/mol. The normalized spacial score (nSPS) is 12.0. The molecule has 0 heterocycles. The summed E-state index contributed by atoms with van der Waals surface area (Å²) in [6.45, 7) is 0. The van der Waals surface area contributed by atoms with Gasteiger partial charge in [-0.1, -0.05) is 23.7 Å². The van der Waals surface area contributed by atoms with Crippen molar-refractivity contribution >= 4 is 23.3 Å². The topological polar surface area (TPSA) is 77.8 Å². The van der Waals surface area contributed by atoms with Crippen molar-refractivity contribution in [2.45, 2.75) is 12.5 Å². The van der Waals surface area contributed by atoms with Crippen LogP contribution in [0.1, 0.15) is 18.1 Å². The van der Waals surface area contributed by atoms with Crippen molar-refractivity contribution in [3.05, 3.63) is 34.9 Å². The number of carbonyl (C=O) groups is 2. The highest BCUT2D eigenvalue weighted by Crippen LogP contribution is 2.20. The summed E-state index contributed by atoms with van der Waals surface area (Å²) < 4.78 is 0. The number of amides is 1. The molecule has 0 fully saturated rings. The van der Waals surface area contributed by atoms with E-state index in [0.29, 0.717) is 10.6 Å². The maximum Gasteiger partial charge on any atom is 0.313 e. The van der Waals surface area contributed by atoms with Crippen molar-refractivity contribution < 1.29 is 19.9 Å². The van der Waals surface area contributed by atoms with Crippen molar-refractivity contribution in [1.29, 1.82) is 0 Å². The Labute approximate surface area is 103 Å². The fourth-order valence-electron chi connectivity index (χ4n) is 1.28. The summed E-state index contributed by atoms with van der Waals surface area (Å²) in [5.41, 5.74) is 0.444. The lowest BCUT2D eigenvalue weighted by atomic mass is 10.0. The maximum atomic E-state index is 11.3. The van der Waals surface area contributed by atoms with E-state index < -0.39 is 24.2 Å². The number of aliphatic hydroxyl groups excluding tert-OH is 1. The van der Waals surface area contributed by atoms with Crippen molar-refractivity contribution in [3.63, 3.8) is 0 Å². The summed E-state index contributed by atoms with van der Waals surface area (Å²) in [6, 6.07) is 6.36. The minimum Gasteiger partial charge on any atom is -0.388 e. The van der Waals surface area contributed by atoms with Crippen LogP contribution in [-0.4, -0.2) is 34.1 Å². The van der Waals surface area contributed by atoms with E-state index in [-0.39, 0.29) is 5.06 Å². The lowest BCUT2D eigenvalue weighted by Crippen LogP contribution is -2.31. The third-order valence-electron chi connectivity index (χ3n) is 2.14. The Morgan fingerprint density at radius 2 is 2.12 bits per heavy atom. The van der Waals surface area contributed by atoms with E-state index >= 15 is 0 Å². The Balaban J connectivity index is 2.70. The van der Waals surface area contributed by atoms with Crippen LogP contribution in [0.5, 0.6) is 0 Å². The average Bonchev–Trinajstić information content (AvgIpc) is 2.27. The van der Waals surface area contributed by atoms with Crippen molar-refractivity contribution in [2.24, 2.45) is 0 Å². The van der Waals surface area contributed by atoms with Crippen LogP contribution in [0.15, 0.2) is 24.3 Å². The standard InChI is InChI=1S/C11H12ClNO4/c1-13(17)11(16)10(15)6-9(14)7-3-2-4-8(12)5-7/h2-5,9,14,17H,6H2,1H3. The molecule has 2 N–H and O–H groups in total. The van der Waals surface area contributed by atoms with Crippen LogP contribution in [0.25, 0.3) is 0 Å². The predicted molar refractivity (Wildman–Crippen MR) is 60.6 cm³/mol. The van der Waals surface area contributed by atoms with Gasteiger partial charge >= 0.3 is 5.91 Å². The summed E-state index contributed by atoms with van der Waals surface area (Å²) in [6.07, 6.45) is -1.52. The third kappa shape index (κ3) is 3.81. The predicted octanol–water partition coefficient (Wildman–Crippen LogP) is 1.18. The van der Waals surface area contributed by atoms with E-state index in [1.807, 2.05) is 0 Å². The molecule has 6 heteroatoms. The number of hydrogen-bond donors (Lipinski definition) is 2. The third-order valence-corrected chi connectivity index (χ3v) is 2.38. The monoisotopic (exact) mass is 257 g/mol. The molecule has 17 heavy (non-hydrogen) atoms. The van der Waals surface area contributed by atoms with Gasteiger partial charge in [-0.3, -0.25) is 14.8 Å². The Bertz CT molecular complexity index is 433. The second kappa shape index (κ2) is 5.77. The Hall–Kier alpha value is -1.43. The molecular weight excluding hydrogens is 246 g/mol.